The molecule has 0 aromatic heterocycles. The van der Waals surface area contributed by atoms with Crippen LogP contribution in [0.1, 0.15) is 37.4 Å². The van der Waals surface area contributed by atoms with Crippen molar-refractivity contribution in [1.82, 2.24) is 0 Å². The van der Waals surface area contributed by atoms with Crippen LogP contribution < -0.4 is 10.2 Å². The van der Waals surface area contributed by atoms with Gasteiger partial charge in [0, 0.05) is 27.5 Å². The zero-order valence-corrected chi connectivity index (χ0v) is 23.5. The normalized spacial score (nSPS) is 23.6. The maximum Gasteiger partial charge on any atom is 0.238 e. The number of halogens is 2. The van der Waals surface area contributed by atoms with Gasteiger partial charge in [-0.15, -0.1) is 0 Å². The monoisotopic (exact) mass is 578 g/mol. The highest BCUT2D eigenvalue weighted by molar-refractivity contribution is 6.34. The molecular weight excluding hydrogens is 555 g/mol. The molecule has 7 rings (SSSR count). The molecule has 5 nitrogen and oxygen atoms in total. The summed E-state index contributed by atoms with van der Waals surface area (Å²) in [5.41, 5.74) is 3.39. The fourth-order valence-electron chi connectivity index (χ4n) is 6.91. The molecule has 1 saturated heterocycles. The molecule has 7 heteroatoms. The predicted molar refractivity (Wildman–Crippen MR) is 162 cm³/mol. The Hall–Kier alpha value is -4.19. The van der Waals surface area contributed by atoms with Gasteiger partial charge in [-0.3, -0.25) is 14.4 Å². The van der Waals surface area contributed by atoms with E-state index < -0.39 is 23.4 Å². The molecule has 1 fully saturated rings. The van der Waals surface area contributed by atoms with Gasteiger partial charge in [-0.25, -0.2) is 0 Å². The first-order valence-corrected chi connectivity index (χ1v) is 14.1. The summed E-state index contributed by atoms with van der Waals surface area (Å²) in [6.07, 6.45) is 3.96. The molecule has 3 aliphatic rings. The molecule has 1 N–H and O–H groups in total. The summed E-state index contributed by atoms with van der Waals surface area (Å²) in [5, 5.41) is 3.81. The van der Waals surface area contributed by atoms with Crippen LogP contribution in [0.25, 0.3) is 6.08 Å². The van der Waals surface area contributed by atoms with E-state index in [4.69, 9.17) is 23.2 Å². The molecule has 41 heavy (non-hydrogen) atoms. The lowest BCUT2D eigenvalue weighted by Crippen LogP contribution is -2.51. The number of anilines is 2. The molecule has 1 amide bonds. The summed E-state index contributed by atoms with van der Waals surface area (Å²) in [6.45, 7) is 2.01. The van der Waals surface area contributed by atoms with Gasteiger partial charge in [0.1, 0.15) is 11.5 Å². The smallest absolute Gasteiger partial charge is 0.238 e. The minimum absolute atomic E-state index is 0.270. The van der Waals surface area contributed by atoms with Crippen molar-refractivity contribution >= 4 is 58.1 Å². The van der Waals surface area contributed by atoms with E-state index in [0.717, 1.165) is 16.8 Å². The Kier molecular flexibility index (Phi) is 5.93. The van der Waals surface area contributed by atoms with Gasteiger partial charge in [-0.1, -0.05) is 77.3 Å². The van der Waals surface area contributed by atoms with Gasteiger partial charge < -0.3 is 10.2 Å². The number of amides is 1. The Morgan fingerprint density at radius 1 is 0.878 bits per heavy atom. The lowest BCUT2D eigenvalue weighted by atomic mass is 9.64. The molecule has 4 aromatic rings. The van der Waals surface area contributed by atoms with E-state index in [9.17, 15) is 14.4 Å². The van der Waals surface area contributed by atoms with E-state index in [-0.39, 0.29) is 28.1 Å². The van der Waals surface area contributed by atoms with Crippen molar-refractivity contribution in [3.05, 3.63) is 135 Å². The van der Waals surface area contributed by atoms with Gasteiger partial charge in [-0.2, -0.15) is 0 Å². The Balaban J connectivity index is 1.55. The molecule has 3 aliphatic heterocycles. The first kappa shape index (κ1) is 25.8. The van der Waals surface area contributed by atoms with Crippen LogP contribution in [0.3, 0.4) is 0 Å². The molecule has 3 heterocycles. The van der Waals surface area contributed by atoms with E-state index in [1.54, 1.807) is 48.5 Å². The Bertz CT molecular complexity index is 1800. The van der Waals surface area contributed by atoms with Gasteiger partial charge in [0.15, 0.2) is 11.6 Å². The number of nitrogens with zero attached hydrogens (tertiary/aromatic N) is 1. The van der Waals surface area contributed by atoms with Gasteiger partial charge in [0.25, 0.3) is 0 Å². The first-order valence-electron chi connectivity index (χ1n) is 13.4. The quantitative estimate of drug-likeness (QED) is 0.261. The molecule has 1 spiro atoms. The predicted octanol–water partition coefficient (Wildman–Crippen LogP) is 7.16. The van der Waals surface area contributed by atoms with Crippen LogP contribution in [-0.4, -0.2) is 29.6 Å². The highest BCUT2D eigenvalue weighted by atomic mass is 35.5. The number of ketones is 2. The number of hydrogen-bond acceptors (Lipinski definition) is 4. The standard InChI is InChI=1S/C34H24Cl2N2O3/c1-19-10-16-27-21(18-19)13-17-28-34(24-7-3-5-9-26(24)37-33(34)41)29(32(40)23-6-2-4-8-25(23)36)30(38(27)28)31(39)20-11-14-22(35)15-12-20/h2-18,28-30H,1H3,(H,37,41)/t28-,29+,30-,34+/m0/s1. The second-order valence-corrected chi connectivity index (χ2v) is 11.6. The fraction of sp³-hybridized carbons (Fsp3) is 0.147. The lowest BCUT2D eigenvalue weighted by Gasteiger charge is -2.37. The summed E-state index contributed by atoms with van der Waals surface area (Å²) in [6, 6.07) is 25.3. The third kappa shape index (κ3) is 3.66. The average molecular weight is 579 g/mol. The molecule has 4 aromatic carbocycles. The van der Waals surface area contributed by atoms with Crippen LogP contribution in [0.5, 0.6) is 0 Å². The van der Waals surface area contributed by atoms with Crippen LogP contribution in [0, 0.1) is 12.8 Å². The number of rotatable bonds is 4. The van der Waals surface area contributed by atoms with Crippen molar-refractivity contribution in [2.75, 3.05) is 10.2 Å². The summed E-state index contributed by atoms with van der Waals surface area (Å²) in [4.78, 5) is 45.8. The topological polar surface area (TPSA) is 66.5 Å². The van der Waals surface area contributed by atoms with Gasteiger partial charge in [0.05, 0.1) is 17.0 Å². The minimum atomic E-state index is -1.39. The molecule has 0 saturated carbocycles. The third-order valence-electron chi connectivity index (χ3n) is 8.61. The number of Topliss-reactive ketones (excluding diaryl/α,β-unsaturated/α-hetero) is 2. The first-order chi connectivity index (χ1) is 19.8. The van der Waals surface area contributed by atoms with Crippen LogP contribution in [-0.2, 0) is 10.2 Å². The minimum Gasteiger partial charge on any atom is -0.352 e. The summed E-state index contributed by atoms with van der Waals surface area (Å²) in [7, 11) is 0. The van der Waals surface area contributed by atoms with Crippen molar-refractivity contribution < 1.29 is 14.4 Å². The highest BCUT2D eigenvalue weighted by Crippen LogP contribution is 2.58. The van der Waals surface area contributed by atoms with Crippen molar-refractivity contribution in [1.29, 1.82) is 0 Å². The Morgan fingerprint density at radius 2 is 1.61 bits per heavy atom. The number of aryl methyl sites for hydroxylation is 1. The van der Waals surface area contributed by atoms with E-state index >= 15 is 0 Å². The molecule has 202 valence electrons. The largest absolute Gasteiger partial charge is 0.352 e. The van der Waals surface area contributed by atoms with Crippen molar-refractivity contribution in [2.24, 2.45) is 5.92 Å². The van der Waals surface area contributed by atoms with Gasteiger partial charge in [0.2, 0.25) is 5.91 Å². The zero-order valence-electron chi connectivity index (χ0n) is 22.0. The second kappa shape index (κ2) is 9.44. The number of para-hydroxylation sites is 1. The second-order valence-electron chi connectivity index (χ2n) is 10.8. The number of nitrogens with one attached hydrogen (secondary N) is 1. The molecule has 4 atom stereocenters. The molecule has 0 unspecified atom stereocenters. The SMILES string of the molecule is Cc1ccc2c(c1)C=C[C@@H]1N2[C@H](C(=O)c2ccc(Cl)cc2)[C@H](C(=O)c2ccccc2Cl)[C@]12C(=O)Nc1ccccc12. The summed E-state index contributed by atoms with van der Waals surface area (Å²) >= 11 is 12.8. The number of carbonyl (C=O) groups is 3. The van der Waals surface area contributed by atoms with Crippen LogP contribution >= 0.6 is 23.2 Å². The molecule has 0 bridgehead atoms. The van der Waals surface area contributed by atoms with Crippen LogP contribution in [0.15, 0.2) is 97.1 Å². The Morgan fingerprint density at radius 3 is 2.39 bits per heavy atom. The van der Waals surface area contributed by atoms with E-state index in [0.29, 0.717) is 21.8 Å². The summed E-state index contributed by atoms with van der Waals surface area (Å²) in [5.74, 6) is -2.03. The molecular formula is C34H24Cl2N2O3. The van der Waals surface area contributed by atoms with Gasteiger partial charge >= 0.3 is 0 Å². The number of carbonyl (C=O) groups excluding carboxylic acids is 3. The molecule has 0 aliphatic carbocycles. The highest BCUT2D eigenvalue weighted by Gasteiger charge is 2.70. The maximum atomic E-state index is 14.8. The molecule has 0 radical (unpaired) electrons. The lowest BCUT2D eigenvalue weighted by molar-refractivity contribution is -0.121. The van der Waals surface area contributed by atoms with Crippen molar-refractivity contribution in [3.63, 3.8) is 0 Å². The van der Waals surface area contributed by atoms with E-state index in [1.807, 2.05) is 66.4 Å². The third-order valence-corrected chi connectivity index (χ3v) is 9.19. The van der Waals surface area contributed by atoms with Crippen LogP contribution in [0.4, 0.5) is 11.4 Å². The number of fused-ring (bicyclic) bond motifs is 6. The van der Waals surface area contributed by atoms with E-state index in [1.165, 1.54) is 0 Å². The number of hydrogen-bond donors (Lipinski definition) is 1. The van der Waals surface area contributed by atoms with Crippen molar-refractivity contribution in [3.8, 4) is 0 Å². The fourth-order valence-corrected chi connectivity index (χ4v) is 7.27. The van der Waals surface area contributed by atoms with Crippen LogP contribution in [0.2, 0.25) is 10.0 Å². The Labute approximate surface area is 247 Å². The summed E-state index contributed by atoms with van der Waals surface area (Å²) < 4.78 is 0. The average Bonchev–Trinajstić information content (AvgIpc) is 3.45. The van der Waals surface area contributed by atoms with Gasteiger partial charge in [-0.05, 0) is 72.6 Å². The van der Waals surface area contributed by atoms with Crippen molar-refractivity contribution in [2.45, 2.75) is 24.4 Å². The maximum absolute atomic E-state index is 14.8. The van der Waals surface area contributed by atoms with E-state index in [2.05, 4.69) is 5.32 Å². The zero-order chi connectivity index (χ0) is 28.5. The number of benzene rings is 4.